The van der Waals surface area contributed by atoms with Crippen LogP contribution in [0.3, 0.4) is 0 Å². The highest BCUT2D eigenvalue weighted by atomic mass is 32.2. The summed E-state index contributed by atoms with van der Waals surface area (Å²) in [5.41, 5.74) is -0.743. The molecule has 5 nitrogen and oxygen atoms in total. The molecule has 0 saturated heterocycles. The highest BCUT2D eigenvalue weighted by Crippen LogP contribution is 2.23. The van der Waals surface area contributed by atoms with E-state index < -0.39 is 31.2 Å². The Hall–Kier alpha value is -1.50. The smallest absolute Gasteiger partial charge is 0.258 e. The van der Waals surface area contributed by atoms with Crippen LogP contribution in [-0.2, 0) is 9.84 Å². The van der Waals surface area contributed by atoms with Crippen LogP contribution in [0.25, 0.3) is 0 Å². The second-order valence-corrected chi connectivity index (χ2v) is 4.63. The van der Waals surface area contributed by atoms with Crippen molar-refractivity contribution in [1.82, 2.24) is 0 Å². The number of nitrogens with zero attached hydrogens (tertiary/aromatic N) is 1. The molecule has 0 aromatic heterocycles. The van der Waals surface area contributed by atoms with Crippen molar-refractivity contribution in [2.24, 2.45) is 0 Å². The number of nitro benzene ring substituents is 1. The summed E-state index contributed by atoms with van der Waals surface area (Å²) in [5.74, 6) is -0.843. The monoisotopic (exact) mass is 219 g/mol. The summed E-state index contributed by atoms with van der Waals surface area (Å²) in [4.78, 5) is 8.98. The minimum absolute atomic E-state index is 0.482. The lowest BCUT2D eigenvalue weighted by Gasteiger charge is -1.99. The van der Waals surface area contributed by atoms with E-state index in [9.17, 15) is 22.9 Å². The van der Waals surface area contributed by atoms with Crippen LogP contribution in [0.1, 0.15) is 0 Å². The predicted molar refractivity (Wildman–Crippen MR) is 46.2 cm³/mol. The topological polar surface area (TPSA) is 77.3 Å². The Balaban J connectivity index is 3.53. The van der Waals surface area contributed by atoms with E-state index in [-0.39, 0.29) is 0 Å². The first-order chi connectivity index (χ1) is 6.32. The van der Waals surface area contributed by atoms with E-state index in [4.69, 9.17) is 0 Å². The second kappa shape index (κ2) is 3.33. The Morgan fingerprint density at radius 3 is 2.43 bits per heavy atom. The molecular formula is C7H6FNO4S. The molecule has 0 saturated carbocycles. The van der Waals surface area contributed by atoms with Gasteiger partial charge in [-0.2, -0.15) is 0 Å². The summed E-state index contributed by atoms with van der Waals surface area (Å²) < 4.78 is 34.7. The number of rotatable bonds is 2. The van der Waals surface area contributed by atoms with E-state index in [0.29, 0.717) is 6.07 Å². The fourth-order valence-electron chi connectivity index (χ4n) is 0.947. The summed E-state index contributed by atoms with van der Waals surface area (Å²) in [6, 6.07) is 2.32. The van der Waals surface area contributed by atoms with E-state index in [1.807, 2.05) is 0 Å². The van der Waals surface area contributed by atoms with Crippen molar-refractivity contribution in [3.63, 3.8) is 0 Å². The lowest BCUT2D eigenvalue weighted by Crippen LogP contribution is -2.02. The molecule has 0 amide bonds. The third kappa shape index (κ3) is 2.05. The first kappa shape index (κ1) is 10.6. The highest BCUT2D eigenvalue weighted by molar-refractivity contribution is 7.90. The van der Waals surface area contributed by atoms with E-state index in [1.54, 1.807) is 0 Å². The molecule has 0 unspecified atom stereocenters. The SMILES string of the molecule is CS(=O)(=O)c1ccc(F)cc1[N+](=O)[O-]. The fourth-order valence-corrected chi connectivity index (χ4v) is 1.78. The maximum absolute atomic E-state index is 12.6. The molecule has 0 fully saturated rings. The molecule has 0 aliphatic heterocycles. The Morgan fingerprint density at radius 1 is 1.43 bits per heavy atom. The van der Waals surface area contributed by atoms with Crippen LogP contribution < -0.4 is 0 Å². The van der Waals surface area contributed by atoms with Gasteiger partial charge in [-0.05, 0) is 12.1 Å². The largest absolute Gasteiger partial charge is 0.290 e. The molecule has 0 atom stereocenters. The molecule has 0 heterocycles. The Morgan fingerprint density at radius 2 is 2.00 bits per heavy atom. The van der Waals surface area contributed by atoms with Crippen molar-refractivity contribution in [3.8, 4) is 0 Å². The van der Waals surface area contributed by atoms with Crippen LogP contribution in [0.4, 0.5) is 10.1 Å². The Bertz CT molecular complexity index is 482. The van der Waals surface area contributed by atoms with Crippen LogP contribution >= 0.6 is 0 Å². The van der Waals surface area contributed by atoms with Gasteiger partial charge in [0, 0.05) is 6.26 Å². The minimum atomic E-state index is -3.70. The van der Waals surface area contributed by atoms with E-state index in [0.717, 1.165) is 18.4 Å². The fraction of sp³-hybridized carbons (Fsp3) is 0.143. The Labute approximate surface area is 79.2 Å². The summed E-state index contributed by atoms with van der Waals surface area (Å²) in [6.07, 6.45) is 0.827. The van der Waals surface area contributed by atoms with Gasteiger partial charge in [-0.25, -0.2) is 12.8 Å². The van der Waals surface area contributed by atoms with Gasteiger partial charge in [0.15, 0.2) is 9.84 Å². The molecule has 1 rings (SSSR count). The van der Waals surface area contributed by atoms with Gasteiger partial charge in [0.05, 0.1) is 11.0 Å². The van der Waals surface area contributed by atoms with Crippen molar-refractivity contribution in [2.45, 2.75) is 4.90 Å². The van der Waals surface area contributed by atoms with Gasteiger partial charge in [0.2, 0.25) is 0 Å². The lowest BCUT2D eigenvalue weighted by atomic mass is 10.3. The maximum Gasteiger partial charge on any atom is 0.290 e. The summed E-state index contributed by atoms with van der Waals surface area (Å²) in [7, 11) is -3.70. The van der Waals surface area contributed by atoms with Crippen LogP contribution in [0.2, 0.25) is 0 Å². The number of hydrogen-bond donors (Lipinski definition) is 0. The number of hydrogen-bond acceptors (Lipinski definition) is 4. The quantitative estimate of drug-likeness (QED) is 0.424. The van der Waals surface area contributed by atoms with Crippen LogP contribution in [-0.4, -0.2) is 19.6 Å². The molecule has 0 radical (unpaired) electrons. The van der Waals surface area contributed by atoms with E-state index in [1.165, 1.54) is 0 Å². The summed E-state index contributed by atoms with van der Waals surface area (Å²) in [5, 5.41) is 10.4. The lowest BCUT2D eigenvalue weighted by molar-refractivity contribution is -0.388. The number of sulfone groups is 1. The van der Waals surface area contributed by atoms with E-state index >= 15 is 0 Å². The Kier molecular flexibility index (Phi) is 2.52. The van der Waals surface area contributed by atoms with Gasteiger partial charge in [-0.3, -0.25) is 10.1 Å². The van der Waals surface area contributed by atoms with Gasteiger partial charge in [-0.15, -0.1) is 0 Å². The molecule has 0 aliphatic rings. The van der Waals surface area contributed by atoms with Crippen molar-refractivity contribution >= 4 is 15.5 Å². The molecule has 0 N–H and O–H groups in total. The van der Waals surface area contributed by atoms with Crippen LogP contribution in [0, 0.1) is 15.9 Å². The van der Waals surface area contributed by atoms with Gasteiger partial charge >= 0.3 is 0 Å². The standard InChI is InChI=1S/C7H6FNO4S/c1-14(12,13)7-3-2-5(8)4-6(7)9(10)11/h2-4H,1H3. The molecule has 76 valence electrons. The predicted octanol–water partition coefficient (Wildman–Crippen LogP) is 1.14. The van der Waals surface area contributed by atoms with Crippen molar-refractivity contribution in [3.05, 3.63) is 34.1 Å². The molecule has 0 aliphatic carbocycles. The normalized spacial score (nSPS) is 11.3. The molecule has 1 aromatic rings. The first-order valence-corrected chi connectivity index (χ1v) is 5.35. The van der Waals surface area contributed by atoms with Gasteiger partial charge in [0.25, 0.3) is 5.69 Å². The zero-order chi connectivity index (χ0) is 10.9. The van der Waals surface area contributed by atoms with Gasteiger partial charge in [-0.1, -0.05) is 0 Å². The molecular weight excluding hydrogens is 213 g/mol. The average molecular weight is 219 g/mol. The molecule has 7 heteroatoms. The maximum atomic E-state index is 12.6. The molecule has 1 aromatic carbocycles. The molecule has 0 bridgehead atoms. The zero-order valence-corrected chi connectivity index (χ0v) is 7.91. The minimum Gasteiger partial charge on any atom is -0.258 e. The average Bonchev–Trinajstić information content (AvgIpc) is 2.01. The van der Waals surface area contributed by atoms with Crippen molar-refractivity contribution in [1.29, 1.82) is 0 Å². The van der Waals surface area contributed by atoms with E-state index in [2.05, 4.69) is 0 Å². The van der Waals surface area contributed by atoms with Crippen molar-refractivity contribution < 1.29 is 17.7 Å². The summed E-state index contributed by atoms with van der Waals surface area (Å²) >= 11 is 0. The second-order valence-electron chi connectivity index (χ2n) is 2.64. The third-order valence-electron chi connectivity index (χ3n) is 1.52. The zero-order valence-electron chi connectivity index (χ0n) is 7.10. The highest BCUT2D eigenvalue weighted by Gasteiger charge is 2.22. The number of nitro groups is 1. The van der Waals surface area contributed by atoms with Gasteiger partial charge < -0.3 is 0 Å². The molecule has 0 spiro atoms. The number of benzene rings is 1. The van der Waals surface area contributed by atoms with Crippen LogP contribution in [0.15, 0.2) is 23.1 Å². The van der Waals surface area contributed by atoms with Gasteiger partial charge in [0.1, 0.15) is 10.7 Å². The number of halogens is 1. The third-order valence-corrected chi connectivity index (χ3v) is 2.66. The molecule has 14 heavy (non-hydrogen) atoms. The van der Waals surface area contributed by atoms with Crippen LogP contribution in [0.5, 0.6) is 0 Å². The summed E-state index contributed by atoms with van der Waals surface area (Å²) in [6.45, 7) is 0. The first-order valence-electron chi connectivity index (χ1n) is 3.46. The van der Waals surface area contributed by atoms with Crippen molar-refractivity contribution in [2.75, 3.05) is 6.26 Å².